The van der Waals surface area contributed by atoms with Crippen LogP contribution in [0.4, 0.5) is 5.69 Å². The van der Waals surface area contributed by atoms with E-state index in [1.54, 1.807) is 0 Å². The van der Waals surface area contributed by atoms with Gasteiger partial charge in [0.25, 0.3) is 0 Å². The molecule has 20 heavy (non-hydrogen) atoms. The Morgan fingerprint density at radius 2 is 2.20 bits per heavy atom. The Hall–Kier alpha value is -1.71. The van der Waals surface area contributed by atoms with Crippen molar-refractivity contribution in [2.45, 2.75) is 31.7 Å². The lowest BCUT2D eigenvalue weighted by atomic mass is 10.1. The average Bonchev–Trinajstić information content (AvgIpc) is 3.02. The maximum atomic E-state index is 11.8. The Morgan fingerprint density at radius 3 is 3.05 bits per heavy atom. The molecule has 1 saturated carbocycles. The number of nitrogens with zero attached hydrogens (tertiary/aromatic N) is 1. The molecule has 4 rings (SSSR count). The second kappa shape index (κ2) is 4.69. The number of rotatable bonds is 3. The van der Waals surface area contributed by atoms with Crippen LogP contribution in [0.1, 0.15) is 24.8 Å². The van der Waals surface area contributed by atoms with E-state index >= 15 is 0 Å². The molecule has 2 heterocycles. The number of ether oxygens (including phenoxy) is 1. The largest absolute Gasteiger partial charge is 0.493 e. The van der Waals surface area contributed by atoms with Crippen molar-refractivity contribution < 1.29 is 9.53 Å². The zero-order valence-electron chi connectivity index (χ0n) is 11.6. The van der Waals surface area contributed by atoms with Crippen LogP contribution in [0.3, 0.4) is 0 Å². The highest BCUT2D eigenvalue weighted by atomic mass is 16.5. The average molecular weight is 272 g/mol. The quantitative estimate of drug-likeness (QED) is 0.911. The van der Waals surface area contributed by atoms with E-state index in [-0.39, 0.29) is 5.91 Å². The minimum absolute atomic E-state index is 0.262. The molecule has 0 spiro atoms. The van der Waals surface area contributed by atoms with E-state index in [1.807, 2.05) is 6.07 Å². The number of hydrogen-bond donors (Lipinski definition) is 1. The Kier molecular flexibility index (Phi) is 2.83. The Morgan fingerprint density at radius 1 is 1.30 bits per heavy atom. The first-order valence-corrected chi connectivity index (χ1v) is 7.61. The van der Waals surface area contributed by atoms with E-state index in [2.05, 4.69) is 22.3 Å². The van der Waals surface area contributed by atoms with Gasteiger partial charge in [-0.15, -0.1) is 0 Å². The summed E-state index contributed by atoms with van der Waals surface area (Å²) in [5.41, 5.74) is 2.63. The second-order valence-electron chi connectivity index (χ2n) is 6.07. The van der Waals surface area contributed by atoms with Gasteiger partial charge in [-0.05, 0) is 31.4 Å². The predicted octanol–water partition coefficient (Wildman–Crippen LogP) is 1.73. The van der Waals surface area contributed by atoms with Crippen molar-refractivity contribution in [2.24, 2.45) is 5.92 Å². The molecule has 3 aliphatic rings. The first-order chi connectivity index (χ1) is 9.81. The third-order valence-electron chi connectivity index (χ3n) is 4.54. The number of hydrogen-bond acceptors (Lipinski definition) is 3. The molecule has 2 aliphatic heterocycles. The molecule has 4 nitrogen and oxygen atoms in total. The molecule has 1 amide bonds. The molecule has 4 heteroatoms. The van der Waals surface area contributed by atoms with E-state index in [0.29, 0.717) is 12.0 Å². The molecule has 1 N–H and O–H groups in total. The lowest BCUT2D eigenvalue weighted by Gasteiger charge is -2.21. The SMILES string of the molecule is O=C(N[C@H]1CCN(c2cccc3c2CCO3)C1)C1CC1. The number of carbonyl (C=O) groups is 1. The van der Waals surface area contributed by atoms with Gasteiger partial charge in [0.15, 0.2) is 0 Å². The highest BCUT2D eigenvalue weighted by Gasteiger charge is 2.33. The summed E-state index contributed by atoms with van der Waals surface area (Å²) in [6.07, 6.45) is 4.20. The number of nitrogens with one attached hydrogen (secondary N) is 1. The van der Waals surface area contributed by atoms with Gasteiger partial charge >= 0.3 is 0 Å². The van der Waals surface area contributed by atoms with E-state index in [9.17, 15) is 4.79 Å². The van der Waals surface area contributed by atoms with Crippen LogP contribution in [0.25, 0.3) is 0 Å². The first kappa shape index (κ1) is 12.1. The van der Waals surface area contributed by atoms with Gasteiger partial charge in [0.05, 0.1) is 6.61 Å². The predicted molar refractivity (Wildman–Crippen MR) is 77.1 cm³/mol. The van der Waals surface area contributed by atoms with Crippen LogP contribution in [0.15, 0.2) is 18.2 Å². The second-order valence-corrected chi connectivity index (χ2v) is 6.07. The fourth-order valence-electron chi connectivity index (χ4n) is 3.26. The third-order valence-corrected chi connectivity index (χ3v) is 4.54. The maximum absolute atomic E-state index is 11.8. The summed E-state index contributed by atoms with van der Waals surface area (Å²) in [4.78, 5) is 14.2. The molecule has 0 aromatic heterocycles. The molecule has 1 atom stereocenters. The zero-order chi connectivity index (χ0) is 13.5. The Bertz CT molecular complexity index is 539. The number of fused-ring (bicyclic) bond motifs is 1. The van der Waals surface area contributed by atoms with Gasteiger partial charge < -0.3 is 15.0 Å². The molecule has 1 aliphatic carbocycles. The molecule has 1 aromatic rings. The van der Waals surface area contributed by atoms with Gasteiger partial charge in [-0.1, -0.05) is 6.07 Å². The number of benzene rings is 1. The zero-order valence-corrected chi connectivity index (χ0v) is 11.6. The Labute approximate surface area is 119 Å². The number of carbonyl (C=O) groups excluding carboxylic acids is 1. The third kappa shape index (κ3) is 2.13. The molecule has 0 radical (unpaired) electrons. The molecule has 1 saturated heterocycles. The van der Waals surface area contributed by atoms with Gasteiger partial charge in [0.1, 0.15) is 5.75 Å². The van der Waals surface area contributed by atoms with Crippen molar-refractivity contribution in [1.29, 1.82) is 0 Å². The molecule has 0 bridgehead atoms. The molecule has 106 valence electrons. The van der Waals surface area contributed by atoms with Crippen molar-refractivity contribution in [3.63, 3.8) is 0 Å². The van der Waals surface area contributed by atoms with Crippen LogP contribution in [0.2, 0.25) is 0 Å². The molecule has 2 fully saturated rings. The topological polar surface area (TPSA) is 41.6 Å². The summed E-state index contributed by atoms with van der Waals surface area (Å²) >= 11 is 0. The summed E-state index contributed by atoms with van der Waals surface area (Å²) < 4.78 is 5.63. The lowest BCUT2D eigenvalue weighted by molar-refractivity contribution is -0.122. The maximum Gasteiger partial charge on any atom is 0.223 e. The van der Waals surface area contributed by atoms with E-state index in [4.69, 9.17) is 4.74 Å². The summed E-state index contributed by atoms with van der Waals surface area (Å²) in [6.45, 7) is 2.74. The minimum Gasteiger partial charge on any atom is -0.493 e. The van der Waals surface area contributed by atoms with Crippen LogP contribution in [0, 0.1) is 5.92 Å². The summed E-state index contributed by atoms with van der Waals surface area (Å²) in [7, 11) is 0. The summed E-state index contributed by atoms with van der Waals surface area (Å²) in [6, 6.07) is 6.60. The normalized spacial score (nSPS) is 24.4. The van der Waals surface area contributed by atoms with Crippen molar-refractivity contribution in [3.05, 3.63) is 23.8 Å². The molecular formula is C16H20N2O2. The molecule has 0 unspecified atom stereocenters. The van der Waals surface area contributed by atoms with Crippen molar-refractivity contribution in [1.82, 2.24) is 5.32 Å². The van der Waals surface area contributed by atoms with Crippen LogP contribution >= 0.6 is 0 Å². The fraction of sp³-hybridized carbons (Fsp3) is 0.562. The highest BCUT2D eigenvalue weighted by molar-refractivity contribution is 5.81. The smallest absolute Gasteiger partial charge is 0.223 e. The van der Waals surface area contributed by atoms with Gasteiger partial charge in [-0.25, -0.2) is 0 Å². The van der Waals surface area contributed by atoms with Gasteiger partial charge in [-0.2, -0.15) is 0 Å². The van der Waals surface area contributed by atoms with E-state index in [0.717, 1.165) is 51.1 Å². The summed E-state index contributed by atoms with van der Waals surface area (Å²) in [5, 5.41) is 3.20. The van der Waals surface area contributed by atoms with Crippen molar-refractivity contribution >= 4 is 11.6 Å². The van der Waals surface area contributed by atoms with Crippen LogP contribution < -0.4 is 15.0 Å². The van der Waals surface area contributed by atoms with Gasteiger partial charge in [-0.3, -0.25) is 4.79 Å². The number of anilines is 1. The minimum atomic E-state index is 0.262. The van der Waals surface area contributed by atoms with E-state index in [1.165, 1.54) is 11.3 Å². The van der Waals surface area contributed by atoms with Crippen LogP contribution in [0.5, 0.6) is 5.75 Å². The van der Waals surface area contributed by atoms with E-state index < -0.39 is 0 Å². The monoisotopic (exact) mass is 272 g/mol. The first-order valence-electron chi connectivity index (χ1n) is 7.61. The van der Waals surface area contributed by atoms with Crippen LogP contribution in [-0.4, -0.2) is 31.6 Å². The number of amides is 1. The highest BCUT2D eigenvalue weighted by Crippen LogP contribution is 2.35. The molecular weight excluding hydrogens is 252 g/mol. The fourth-order valence-corrected chi connectivity index (χ4v) is 3.26. The molecule has 1 aromatic carbocycles. The lowest BCUT2D eigenvalue weighted by Crippen LogP contribution is -2.38. The van der Waals surface area contributed by atoms with Crippen molar-refractivity contribution in [3.8, 4) is 5.75 Å². The van der Waals surface area contributed by atoms with Gasteiger partial charge in [0, 0.05) is 42.7 Å². The van der Waals surface area contributed by atoms with Gasteiger partial charge in [0.2, 0.25) is 5.91 Å². The standard InChI is InChI=1S/C16H20N2O2/c19-16(11-4-5-11)17-12-6-8-18(10-12)14-2-1-3-15-13(14)7-9-20-15/h1-3,11-12H,4-10H2,(H,17,19)/t12-/m0/s1. The van der Waals surface area contributed by atoms with Crippen LogP contribution in [-0.2, 0) is 11.2 Å². The summed E-state index contributed by atoms with van der Waals surface area (Å²) in [5.74, 6) is 1.60. The Balaban J connectivity index is 1.45. The van der Waals surface area contributed by atoms with Crippen molar-refractivity contribution in [2.75, 3.05) is 24.6 Å².